The zero-order valence-corrected chi connectivity index (χ0v) is 11.6. The van der Waals surface area contributed by atoms with E-state index < -0.39 is 5.56 Å². The van der Waals surface area contributed by atoms with Crippen molar-refractivity contribution in [2.75, 3.05) is 0 Å². The highest BCUT2D eigenvalue weighted by Gasteiger charge is 2.17. The van der Waals surface area contributed by atoms with Crippen molar-refractivity contribution >= 4 is 0 Å². The van der Waals surface area contributed by atoms with Gasteiger partial charge in [0.15, 0.2) is 5.88 Å². The fourth-order valence-electron chi connectivity index (χ4n) is 2.34. The molecule has 102 valence electrons. The van der Waals surface area contributed by atoms with Gasteiger partial charge in [-0.3, -0.25) is 9.36 Å². The molecule has 0 bridgehead atoms. The molecule has 1 aromatic carbocycles. The van der Waals surface area contributed by atoms with E-state index in [4.69, 9.17) is 5.26 Å². The SMILES string of the molecule is CCc1c(C)c(C#N)c(=O)n(Cc2ccccc2)c1O. The number of nitrogens with zero attached hydrogens (tertiary/aromatic N) is 2. The van der Waals surface area contributed by atoms with E-state index in [2.05, 4.69) is 0 Å². The van der Waals surface area contributed by atoms with Crippen molar-refractivity contribution in [1.29, 1.82) is 5.26 Å². The minimum atomic E-state index is -0.441. The minimum Gasteiger partial charge on any atom is -0.494 e. The smallest absolute Gasteiger partial charge is 0.271 e. The van der Waals surface area contributed by atoms with Gasteiger partial charge >= 0.3 is 0 Å². The van der Waals surface area contributed by atoms with Gasteiger partial charge in [0.25, 0.3) is 5.56 Å². The van der Waals surface area contributed by atoms with Gasteiger partial charge in [-0.15, -0.1) is 0 Å². The number of pyridine rings is 1. The third kappa shape index (κ3) is 2.30. The van der Waals surface area contributed by atoms with Crippen LogP contribution in [0.25, 0.3) is 0 Å². The minimum absolute atomic E-state index is 0.0437. The van der Waals surface area contributed by atoms with Gasteiger partial charge < -0.3 is 5.11 Å². The zero-order chi connectivity index (χ0) is 14.7. The maximum absolute atomic E-state index is 12.3. The Morgan fingerprint density at radius 1 is 1.30 bits per heavy atom. The average Bonchev–Trinajstić information content (AvgIpc) is 2.46. The van der Waals surface area contributed by atoms with Crippen LogP contribution in [0.4, 0.5) is 0 Å². The Kier molecular flexibility index (Phi) is 3.90. The third-order valence-electron chi connectivity index (χ3n) is 3.46. The topological polar surface area (TPSA) is 66.0 Å². The number of hydrogen-bond acceptors (Lipinski definition) is 3. The molecule has 0 aliphatic heterocycles. The molecule has 0 spiro atoms. The summed E-state index contributed by atoms with van der Waals surface area (Å²) in [6.45, 7) is 3.85. The van der Waals surface area contributed by atoms with Crippen LogP contribution in [0.1, 0.15) is 29.2 Å². The van der Waals surface area contributed by atoms with E-state index in [-0.39, 0.29) is 18.0 Å². The maximum atomic E-state index is 12.3. The Hall–Kier alpha value is -2.54. The molecule has 0 saturated carbocycles. The molecule has 0 radical (unpaired) electrons. The van der Waals surface area contributed by atoms with Gasteiger partial charge in [0, 0.05) is 5.56 Å². The molecule has 1 N–H and O–H groups in total. The monoisotopic (exact) mass is 268 g/mol. The summed E-state index contributed by atoms with van der Waals surface area (Å²) in [5, 5.41) is 19.4. The quantitative estimate of drug-likeness (QED) is 0.929. The summed E-state index contributed by atoms with van der Waals surface area (Å²) in [5.74, 6) is -0.0437. The summed E-state index contributed by atoms with van der Waals surface area (Å²) < 4.78 is 1.26. The first-order valence-corrected chi connectivity index (χ1v) is 6.49. The molecular weight excluding hydrogens is 252 g/mol. The first-order valence-electron chi connectivity index (χ1n) is 6.49. The van der Waals surface area contributed by atoms with E-state index in [1.54, 1.807) is 6.92 Å². The largest absolute Gasteiger partial charge is 0.494 e. The Morgan fingerprint density at radius 3 is 2.50 bits per heavy atom. The van der Waals surface area contributed by atoms with Crippen LogP contribution in [0.15, 0.2) is 35.1 Å². The first-order chi connectivity index (χ1) is 9.60. The van der Waals surface area contributed by atoms with Gasteiger partial charge in [-0.1, -0.05) is 37.3 Å². The van der Waals surface area contributed by atoms with Crippen LogP contribution in [-0.4, -0.2) is 9.67 Å². The second-order valence-electron chi connectivity index (χ2n) is 4.64. The number of nitriles is 1. The van der Waals surface area contributed by atoms with Gasteiger partial charge in [-0.05, 0) is 24.5 Å². The highest BCUT2D eigenvalue weighted by Crippen LogP contribution is 2.22. The van der Waals surface area contributed by atoms with Crippen LogP contribution in [0.2, 0.25) is 0 Å². The molecule has 2 rings (SSSR count). The van der Waals surface area contributed by atoms with E-state index in [0.717, 1.165) is 5.56 Å². The Morgan fingerprint density at radius 2 is 1.95 bits per heavy atom. The number of rotatable bonds is 3. The van der Waals surface area contributed by atoms with Gasteiger partial charge in [-0.25, -0.2) is 0 Å². The summed E-state index contributed by atoms with van der Waals surface area (Å²) in [4.78, 5) is 12.3. The summed E-state index contributed by atoms with van der Waals surface area (Å²) in [6.07, 6.45) is 0.571. The number of benzene rings is 1. The first kappa shape index (κ1) is 13.9. The maximum Gasteiger partial charge on any atom is 0.271 e. The molecule has 20 heavy (non-hydrogen) atoms. The third-order valence-corrected chi connectivity index (χ3v) is 3.46. The number of hydrogen-bond donors (Lipinski definition) is 1. The second kappa shape index (κ2) is 5.62. The molecule has 0 unspecified atom stereocenters. The molecular formula is C16H16N2O2. The lowest BCUT2D eigenvalue weighted by atomic mass is 10.0. The van der Waals surface area contributed by atoms with E-state index in [1.165, 1.54) is 4.57 Å². The van der Waals surface area contributed by atoms with E-state index in [1.807, 2.05) is 43.3 Å². The van der Waals surface area contributed by atoms with Gasteiger partial charge in [0.2, 0.25) is 0 Å². The molecule has 4 nitrogen and oxygen atoms in total. The predicted molar refractivity (Wildman–Crippen MR) is 76.7 cm³/mol. The second-order valence-corrected chi connectivity index (χ2v) is 4.64. The molecule has 0 amide bonds. The van der Waals surface area contributed by atoms with Crippen LogP contribution in [0.3, 0.4) is 0 Å². The summed E-state index contributed by atoms with van der Waals surface area (Å²) >= 11 is 0. The Labute approximate surface area is 117 Å². The highest BCUT2D eigenvalue weighted by atomic mass is 16.3. The molecule has 0 atom stereocenters. The number of aromatic hydroxyl groups is 1. The van der Waals surface area contributed by atoms with Crippen molar-refractivity contribution in [2.24, 2.45) is 0 Å². The van der Waals surface area contributed by atoms with Crippen molar-refractivity contribution in [2.45, 2.75) is 26.8 Å². The Balaban J connectivity index is 2.65. The standard InChI is InChI=1S/C16H16N2O2/c1-3-13-11(2)14(9-17)16(20)18(15(13)19)10-12-7-5-4-6-8-12/h4-8,19H,3,10H2,1-2H3. The van der Waals surface area contributed by atoms with Gasteiger partial charge in [0.05, 0.1) is 6.54 Å². The number of aromatic nitrogens is 1. The normalized spacial score (nSPS) is 10.2. The van der Waals surface area contributed by atoms with Crippen molar-refractivity contribution in [3.8, 4) is 11.9 Å². The van der Waals surface area contributed by atoms with Crippen molar-refractivity contribution in [1.82, 2.24) is 4.57 Å². The van der Waals surface area contributed by atoms with Crippen molar-refractivity contribution < 1.29 is 5.11 Å². The molecule has 2 aromatic rings. The average molecular weight is 268 g/mol. The Bertz CT molecular complexity index is 725. The van der Waals surface area contributed by atoms with Crippen LogP contribution in [0, 0.1) is 18.3 Å². The molecule has 1 heterocycles. The van der Waals surface area contributed by atoms with Crippen LogP contribution >= 0.6 is 0 Å². The lowest BCUT2D eigenvalue weighted by Crippen LogP contribution is -2.25. The highest BCUT2D eigenvalue weighted by molar-refractivity contribution is 5.45. The summed E-state index contributed by atoms with van der Waals surface area (Å²) in [5.41, 5.74) is 1.79. The molecule has 0 aliphatic carbocycles. The fraction of sp³-hybridized carbons (Fsp3) is 0.250. The van der Waals surface area contributed by atoms with E-state index >= 15 is 0 Å². The van der Waals surface area contributed by atoms with E-state index in [9.17, 15) is 9.90 Å². The van der Waals surface area contributed by atoms with Crippen LogP contribution < -0.4 is 5.56 Å². The molecule has 0 fully saturated rings. The van der Waals surface area contributed by atoms with Crippen molar-refractivity contribution in [3.05, 3.63) is 62.9 Å². The van der Waals surface area contributed by atoms with Crippen LogP contribution in [0.5, 0.6) is 5.88 Å². The lowest BCUT2D eigenvalue weighted by Gasteiger charge is -2.15. The molecule has 0 saturated heterocycles. The van der Waals surface area contributed by atoms with Crippen molar-refractivity contribution in [3.63, 3.8) is 0 Å². The van der Waals surface area contributed by atoms with E-state index in [0.29, 0.717) is 17.5 Å². The van der Waals surface area contributed by atoms with Gasteiger partial charge in [0.1, 0.15) is 11.6 Å². The summed E-state index contributed by atoms with van der Waals surface area (Å²) in [6, 6.07) is 11.3. The molecule has 4 heteroatoms. The molecule has 0 aliphatic rings. The summed E-state index contributed by atoms with van der Waals surface area (Å²) in [7, 11) is 0. The zero-order valence-electron chi connectivity index (χ0n) is 11.6. The fourth-order valence-corrected chi connectivity index (χ4v) is 2.34. The molecule has 1 aromatic heterocycles. The predicted octanol–water partition coefficient (Wildman–Crippen LogP) is 2.34. The van der Waals surface area contributed by atoms with Crippen LogP contribution in [-0.2, 0) is 13.0 Å². The van der Waals surface area contributed by atoms with Gasteiger partial charge in [-0.2, -0.15) is 5.26 Å². The lowest BCUT2D eigenvalue weighted by molar-refractivity contribution is 0.407.